The topological polar surface area (TPSA) is 62.9 Å². The highest BCUT2D eigenvalue weighted by Gasteiger charge is 2.24. The lowest BCUT2D eigenvalue weighted by Gasteiger charge is -2.34. The van der Waals surface area contributed by atoms with E-state index in [2.05, 4.69) is 21.3 Å². The van der Waals surface area contributed by atoms with E-state index in [4.69, 9.17) is 22.1 Å². The molecule has 27 heavy (non-hydrogen) atoms. The van der Waals surface area contributed by atoms with Gasteiger partial charge in [-0.15, -0.1) is 24.0 Å². The van der Waals surface area contributed by atoms with Gasteiger partial charge in [0.1, 0.15) is 0 Å². The number of nitrogens with one attached hydrogen (secondary N) is 1. The molecule has 1 atom stereocenters. The van der Waals surface area contributed by atoms with Crippen molar-refractivity contribution in [3.63, 3.8) is 0 Å². The molecule has 1 aliphatic rings. The van der Waals surface area contributed by atoms with Crippen LogP contribution in [0.25, 0.3) is 0 Å². The minimum atomic E-state index is 0. The number of benzene rings is 2. The lowest BCUT2D eigenvalue weighted by molar-refractivity contribution is 0.0180. The Bertz CT molecular complexity index is 765. The number of morpholine rings is 1. The number of halogens is 2. The summed E-state index contributed by atoms with van der Waals surface area (Å²) in [7, 11) is 0. The van der Waals surface area contributed by atoms with E-state index >= 15 is 0 Å². The first-order valence-electron chi connectivity index (χ1n) is 8.83. The van der Waals surface area contributed by atoms with Crippen molar-refractivity contribution in [1.82, 2.24) is 4.90 Å². The molecule has 0 aromatic heterocycles. The van der Waals surface area contributed by atoms with Gasteiger partial charge in [0.2, 0.25) is 0 Å². The molecule has 0 aliphatic carbocycles. The summed E-state index contributed by atoms with van der Waals surface area (Å²) in [4.78, 5) is 6.94. The van der Waals surface area contributed by atoms with Gasteiger partial charge in [-0.1, -0.05) is 41.9 Å². The number of hydrogen-bond donors (Lipinski definition) is 2. The maximum absolute atomic E-state index is 6.45. The van der Waals surface area contributed by atoms with E-state index in [0.717, 1.165) is 42.6 Å². The molecule has 2 aromatic rings. The minimum Gasteiger partial charge on any atom is -0.379 e. The maximum atomic E-state index is 6.45. The molecule has 3 N–H and O–H groups in total. The van der Waals surface area contributed by atoms with Gasteiger partial charge in [-0.05, 0) is 36.2 Å². The normalized spacial score (nSPS) is 16.4. The Morgan fingerprint density at radius 1 is 1.22 bits per heavy atom. The summed E-state index contributed by atoms with van der Waals surface area (Å²) < 4.78 is 5.48. The summed E-state index contributed by atoms with van der Waals surface area (Å²) >= 11 is 6.45. The van der Waals surface area contributed by atoms with Crippen molar-refractivity contribution >= 4 is 47.2 Å². The molecule has 146 valence electrons. The zero-order chi connectivity index (χ0) is 18.4. The van der Waals surface area contributed by atoms with Gasteiger partial charge in [0.25, 0.3) is 0 Å². The van der Waals surface area contributed by atoms with E-state index < -0.39 is 0 Å². The predicted molar refractivity (Wildman–Crippen MR) is 123 cm³/mol. The Hall–Kier alpha value is -1.35. The molecule has 0 amide bonds. The molecule has 1 unspecified atom stereocenters. The van der Waals surface area contributed by atoms with Gasteiger partial charge in [-0.25, -0.2) is 0 Å². The third kappa shape index (κ3) is 6.34. The maximum Gasteiger partial charge on any atom is 0.193 e. The number of nitrogens with zero attached hydrogens (tertiary/aromatic N) is 2. The number of nitrogens with two attached hydrogens (primary N) is 1. The predicted octanol–water partition coefficient (Wildman–Crippen LogP) is 4.07. The lowest BCUT2D eigenvalue weighted by atomic mass is 10.0. The Labute approximate surface area is 183 Å². The fourth-order valence-corrected chi connectivity index (χ4v) is 3.40. The van der Waals surface area contributed by atoms with Gasteiger partial charge in [-0.2, -0.15) is 0 Å². The van der Waals surface area contributed by atoms with Crippen molar-refractivity contribution in [2.24, 2.45) is 10.7 Å². The van der Waals surface area contributed by atoms with E-state index in [-0.39, 0.29) is 30.0 Å². The van der Waals surface area contributed by atoms with Crippen LogP contribution in [-0.4, -0.2) is 43.7 Å². The molecule has 1 fully saturated rings. The number of aryl methyl sites for hydroxylation is 1. The van der Waals surface area contributed by atoms with E-state index in [1.165, 1.54) is 5.56 Å². The summed E-state index contributed by atoms with van der Waals surface area (Å²) in [5.41, 5.74) is 9.29. The highest BCUT2D eigenvalue weighted by molar-refractivity contribution is 14.0. The SMILES string of the molecule is Cc1cccc(NC(N)=NCC(c2ccccc2Cl)N2CCOCC2)c1.I. The van der Waals surface area contributed by atoms with Crippen LogP contribution in [0, 0.1) is 6.92 Å². The molecule has 0 bridgehead atoms. The van der Waals surface area contributed by atoms with Crippen LogP contribution in [-0.2, 0) is 4.74 Å². The summed E-state index contributed by atoms with van der Waals surface area (Å²) in [6, 6.07) is 16.1. The molecule has 1 heterocycles. The van der Waals surface area contributed by atoms with Gasteiger partial charge in [-0.3, -0.25) is 9.89 Å². The summed E-state index contributed by atoms with van der Waals surface area (Å²) in [5.74, 6) is 0.404. The zero-order valence-electron chi connectivity index (χ0n) is 15.4. The molecule has 1 saturated heterocycles. The van der Waals surface area contributed by atoms with Crippen molar-refractivity contribution < 1.29 is 4.74 Å². The van der Waals surface area contributed by atoms with Gasteiger partial charge in [0.05, 0.1) is 25.8 Å². The van der Waals surface area contributed by atoms with E-state index in [1.807, 2.05) is 49.4 Å². The first-order chi connectivity index (χ1) is 12.6. The Morgan fingerprint density at radius 3 is 2.67 bits per heavy atom. The van der Waals surface area contributed by atoms with Crippen LogP contribution in [0.1, 0.15) is 17.2 Å². The molecule has 1 aliphatic heterocycles. The number of rotatable bonds is 5. The molecule has 0 radical (unpaired) electrons. The quantitative estimate of drug-likeness (QED) is 0.369. The van der Waals surface area contributed by atoms with Gasteiger partial charge < -0.3 is 15.8 Å². The summed E-state index contributed by atoms with van der Waals surface area (Å²) in [6.45, 7) is 5.75. The Kier molecular flexibility index (Phi) is 8.82. The molecular formula is C20H26ClIN4O. The smallest absolute Gasteiger partial charge is 0.193 e. The number of ether oxygens (including phenoxy) is 1. The third-order valence-corrected chi connectivity index (χ3v) is 4.82. The summed E-state index contributed by atoms with van der Waals surface area (Å²) in [6.07, 6.45) is 0. The summed E-state index contributed by atoms with van der Waals surface area (Å²) in [5, 5.41) is 3.91. The number of aliphatic imine (C=N–C) groups is 1. The molecule has 2 aromatic carbocycles. The third-order valence-electron chi connectivity index (χ3n) is 4.48. The number of hydrogen-bond acceptors (Lipinski definition) is 3. The van der Waals surface area contributed by atoms with Gasteiger partial charge in [0.15, 0.2) is 5.96 Å². The van der Waals surface area contributed by atoms with Gasteiger partial charge >= 0.3 is 0 Å². The van der Waals surface area contributed by atoms with Crippen molar-refractivity contribution in [2.75, 3.05) is 38.2 Å². The standard InChI is InChI=1S/C20H25ClN4O.HI/c1-15-5-4-6-16(13-15)24-20(22)23-14-19(25-9-11-26-12-10-25)17-7-2-3-8-18(17)21;/h2-8,13,19H,9-12,14H2,1H3,(H3,22,23,24);1H. The lowest BCUT2D eigenvalue weighted by Crippen LogP contribution is -2.40. The van der Waals surface area contributed by atoms with Crippen LogP contribution in [0.5, 0.6) is 0 Å². The second-order valence-corrected chi connectivity index (χ2v) is 6.81. The number of guanidine groups is 1. The largest absolute Gasteiger partial charge is 0.379 e. The van der Waals surface area contributed by atoms with Crippen molar-refractivity contribution in [3.05, 3.63) is 64.7 Å². The van der Waals surface area contributed by atoms with Crippen LogP contribution < -0.4 is 11.1 Å². The van der Waals surface area contributed by atoms with Crippen LogP contribution in [0.15, 0.2) is 53.5 Å². The molecule has 0 spiro atoms. The minimum absolute atomic E-state index is 0. The highest BCUT2D eigenvalue weighted by Crippen LogP contribution is 2.28. The monoisotopic (exact) mass is 500 g/mol. The Balaban J connectivity index is 0.00000261. The van der Waals surface area contributed by atoms with E-state index in [1.54, 1.807) is 0 Å². The van der Waals surface area contributed by atoms with Crippen molar-refractivity contribution in [1.29, 1.82) is 0 Å². The average Bonchev–Trinajstić information content (AvgIpc) is 2.64. The average molecular weight is 501 g/mol. The van der Waals surface area contributed by atoms with Crippen LogP contribution in [0.2, 0.25) is 5.02 Å². The van der Waals surface area contributed by atoms with Crippen LogP contribution in [0.4, 0.5) is 5.69 Å². The Morgan fingerprint density at radius 2 is 1.96 bits per heavy atom. The molecule has 7 heteroatoms. The molecule has 3 rings (SSSR count). The zero-order valence-corrected chi connectivity index (χ0v) is 18.5. The van der Waals surface area contributed by atoms with Crippen LogP contribution in [0.3, 0.4) is 0 Å². The van der Waals surface area contributed by atoms with Gasteiger partial charge in [0, 0.05) is 23.8 Å². The van der Waals surface area contributed by atoms with E-state index in [0.29, 0.717) is 12.5 Å². The molecular weight excluding hydrogens is 475 g/mol. The van der Waals surface area contributed by atoms with Crippen molar-refractivity contribution in [3.8, 4) is 0 Å². The fourth-order valence-electron chi connectivity index (χ4n) is 3.14. The fraction of sp³-hybridized carbons (Fsp3) is 0.350. The van der Waals surface area contributed by atoms with Crippen molar-refractivity contribution in [2.45, 2.75) is 13.0 Å². The first kappa shape index (κ1) is 21.9. The second kappa shape index (κ2) is 10.8. The van der Waals surface area contributed by atoms with E-state index in [9.17, 15) is 0 Å². The molecule has 0 saturated carbocycles. The second-order valence-electron chi connectivity index (χ2n) is 6.41. The molecule has 5 nitrogen and oxygen atoms in total. The number of anilines is 1. The first-order valence-corrected chi connectivity index (χ1v) is 9.21. The van der Waals surface area contributed by atoms with Crippen LogP contribution >= 0.6 is 35.6 Å². The highest BCUT2D eigenvalue weighted by atomic mass is 127.